The van der Waals surface area contributed by atoms with Gasteiger partial charge in [-0.1, -0.05) is 13.8 Å². The number of esters is 1. The van der Waals surface area contributed by atoms with E-state index in [0.717, 1.165) is 49.4 Å². The van der Waals surface area contributed by atoms with E-state index >= 15 is 0 Å². The number of carbonyl (C=O) groups is 1. The summed E-state index contributed by atoms with van der Waals surface area (Å²) in [6, 6.07) is 0. The van der Waals surface area contributed by atoms with Crippen LogP contribution in [0, 0.1) is 34.5 Å². The van der Waals surface area contributed by atoms with Gasteiger partial charge in [0.25, 0.3) is 0 Å². The van der Waals surface area contributed by atoms with Gasteiger partial charge in [-0.25, -0.2) is 0 Å². The molecule has 5 fully saturated rings. The molecule has 3 heteroatoms. The van der Waals surface area contributed by atoms with Crippen LogP contribution in [0.4, 0.5) is 0 Å². The van der Waals surface area contributed by atoms with Gasteiger partial charge >= 0.3 is 5.97 Å². The molecule has 0 unspecified atom stereocenters. The molecule has 1 N–H and O–H groups in total. The highest BCUT2D eigenvalue weighted by Gasteiger charge is 2.67. The lowest BCUT2D eigenvalue weighted by molar-refractivity contribution is -0.176. The van der Waals surface area contributed by atoms with E-state index in [9.17, 15) is 9.90 Å². The summed E-state index contributed by atoms with van der Waals surface area (Å²) in [6.07, 6.45) is 12.3. The number of hydrogen-bond donors (Lipinski definition) is 1. The van der Waals surface area contributed by atoms with Crippen LogP contribution in [-0.4, -0.2) is 22.8 Å². The van der Waals surface area contributed by atoms with E-state index < -0.39 is 0 Å². The molecular weight excluding hydrogens is 312 g/mol. The monoisotopic (exact) mass is 346 g/mol. The van der Waals surface area contributed by atoms with Crippen molar-refractivity contribution < 1.29 is 14.6 Å². The quantitative estimate of drug-likeness (QED) is 0.659. The molecule has 0 aromatic heterocycles. The average Bonchev–Trinajstić information content (AvgIpc) is 3.10. The first-order chi connectivity index (χ1) is 11.9. The third-order valence-electron chi connectivity index (χ3n) is 9.97. The van der Waals surface area contributed by atoms with Gasteiger partial charge in [0.15, 0.2) is 0 Å². The van der Waals surface area contributed by atoms with Crippen LogP contribution < -0.4 is 0 Å². The summed E-state index contributed by atoms with van der Waals surface area (Å²) in [7, 11) is 0. The van der Waals surface area contributed by atoms with Crippen molar-refractivity contribution in [2.45, 2.75) is 96.2 Å². The number of aliphatic hydroxyl groups excluding tert-OH is 1. The van der Waals surface area contributed by atoms with E-state index in [0.29, 0.717) is 11.8 Å². The van der Waals surface area contributed by atoms with Gasteiger partial charge in [0.2, 0.25) is 0 Å². The summed E-state index contributed by atoms with van der Waals surface area (Å²) in [4.78, 5) is 11.9. The van der Waals surface area contributed by atoms with Crippen LogP contribution in [0.3, 0.4) is 0 Å². The molecular formula is C22H34O3. The van der Waals surface area contributed by atoms with Crippen LogP contribution in [-0.2, 0) is 9.53 Å². The first-order valence-electron chi connectivity index (χ1n) is 10.8. The molecule has 5 rings (SSSR count). The fourth-order valence-electron chi connectivity index (χ4n) is 8.53. The third-order valence-corrected chi connectivity index (χ3v) is 9.97. The van der Waals surface area contributed by atoms with Gasteiger partial charge < -0.3 is 9.84 Å². The molecule has 0 aromatic carbocycles. The van der Waals surface area contributed by atoms with Gasteiger partial charge in [0.05, 0.1) is 6.10 Å². The second-order valence-corrected chi connectivity index (χ2v) is 10.5. The Morgan fingerprint density at radius 2 is 1.76 bits per heavy atom. The zero-order valence-electron chi connectivity index (χ0n) is 15.9. The number of carbonyl (C=O) groups excluding carboxylic acids is 1. The predicted molar refractivity (Wildman–Crippen MR) is 95.8 cm³/mol. The van der Waals surface area contributed by atoms with Crippen LogP contribution in [0.1, 0.15) is 84.5 Å². The Hall–Kier alpha value is -0.570. The van der Waals surface area contributed by atoms with E-state index in [4.69, 9.17) is 4.74 Å². The van der Waals surface area contributed by atoms with Gasteiger partial charge in [-0.05, 0) is 93.3 Å². The SMILES string of the molecule is C[C@]12CC[C@H](O)C[C@@H]1CC[C@@H]1[C@@H]2CC[C@@]2(C)[C@H]1CC[C@@]21CCC(=O)O1. The molecule has 3 nitrogen and oxygen atoms in total. The van der Waals surface area contributed by atoms with Crippen molar-refractivity contribution in [1.82, 2.24) is 0 Å². The number of aliphatic hydroxyl groups is 1. The fraction of sp³-hybridized carbons (Fsp3) is 0.955. The molecule has 1 saturated heterocycles. The highest BCUT2D eigenvalue weighted by atomic mass is 16.6. The average molecular weight is 347 g/mol. The van der Waals surface area contributed by atoms with E-state index in [1.165, 1.54) is 38.5 Å². The lowest BCUT2D eigenvalue weighted by atomic mass is 9.44. The van der Waals surface area contributed by atoms with Crippen molar-refractivity contribution in [1.29, 1.82) is 0 Å². The van der Waals surface area contributed by atoms with Crippen molar-refractivity contribution in [3.63, 3.8) is 0 Å². The Labute approximate surface area is 151 Å². The second kappa shape index (κ2) is 5.24. The van der Waals surface area contributed by atoms with Gasteiger partial charge in [-0.15, -0.1) is 0 Å². The maximum atomic E-state index is 11.9. The summed E-state index contributed by atoms with van der Waals surface area (Å²) in [5.74, 6) is 3.14. The molecule has 140 valence electrons. The number of ether oxygens (including phenoxy) is 1. The standard InChI is InChI=1S/C22H34O3/c1-20-9-5-15(23)13-14(20)3-4-16-17(20)6-10-21(2)18(16)7-11-22(21)12-8-19(24)25-22/h14-18,23H,3-13H2,1-2H3/t14-,15-,16+,17-,18-,20-,21-,22+/m0/s1. The van der Waals surface area contributed by atoms with Crippen molar-refractivity contribution in [3.05, 3.63) is 0 Å². The normalized spacial score (nSPS) is 57.7. The minimum atomic E-state index is -0.139. The molecule has 8 atom stereocenters. The molecule has 25 heavy (non-hydrogen) atoms. The smallest absolute Gasteiger partial charge is 0.306 e. The summed E-state index contributed by atoms with van der Waals surface area (Å²) < 4.78 is 6.04. The Morgan fingerprint density at radius 3 is 2.52 bits per heavy atom. The predicted octanol–water partition coefficient (Wildman–Crippen LogP) is 4.47. The number of fused-ring (bicyclic) bond motifs is 6. The molecule has 4 aliphatic carbocycles. The van der Waals surface area contributed by atoms with Crippen molar-refractivity contribution in [2.24, 2.45) is 34.5 Å². The lowest BCUT2D eigenvalue weighted by Gasteiger charge is -2.61. The molecule has 1 heterocycles. The molecule has 0 aromatic rings. The third kappa shape index (κ3) is 2.05. The van der Waals surface area contributed by atoms with Gasteiger partial charge in [0, 0.05) is 11.8 Å². The molecule has 5 aliphatic rings. The van der Waals surface area contributed by atoms with Crippen LogP contribution in [0.15, 0.2) is 0 Å². The molecule has 1 aliphatic heterocycles. The topological polar surface area (TPSA) is 46.5 Å². The van der Waals surface area contributed by atoms with Crippen LogP contribution in [0.5, 0.6) is 0 Å². The maximum Gasteiger partial charge on any atom is 0.306 e. The number of hydrogen-bond acceptors (Lipinski definition) is 3. The fourth-order valence-corrected chi connectivity index (χ4v) is 8.53. The molecule has 0 amide bonds. The maximum absolute atomic E-state index is 11.9. The second-order valence-electron chi connectivity index (χ2n) is 10.5. The minimum Gasteiger partial charge on any atom is -0.458 e. The van der Waals surface area contributed by atoms with Gasteiger partial charge in [-0.3, -0.25) is 4.79 Å². The summed E-state index contributed by atoms with van der Waals surface area (Å²) >= 11 is 0. The van der Waals surface area contributed by atoms with Crippen LogP contribution in [0.25, 0.3) is 0 Å². The lowest BCUT2D eigenvalue weighted by Crippen LogP contribution is -2.56. The summed E-state index contributed by atoms with van der Waals surface area (Å²) in [6.45, 7) is 5.00. The minimum absolute atomic E-state index is 0.0425. The Kier molecular flexibility index (Phi) is 3.48. The van der Waals surface area contributed by atoms with E-state index in [1.54, 1.807) is 0 Å². The number of rotatable bonds is 0. The first kappa shape index (κ1) is 16.6. The van der Waals surface area contributed by atoms with Crippen molar-refractivity contribution in [3.8, 4) is 0 Å². The van der Waals surface area contributed by atoms with Crippen LogP contribution >= 0.6 is 0 Å². The highest BCUT2D eigenvalue weighted by Crippen LogP contribution is 2.70. The highest BCUT2D eigenvalue weighted by molar-refractivity contribution is 5.72. The summed E-state index contributed by atoms with van der Waals surface area (Å²) in [5, 5.41) is 10.2. The molecule has 0 bridgehead atoms. The zero-order chi connectivity index (χ0) is 17.4. The Morgan fingerprint density at radius 1 is 0.960 bits per heavy atom. The van der Waals surface area contributed by atoms with E-state index in [2.05, 4.69) is 13.8 Å². The van der Waals surface area contributed by atoms with Gasteiger partial charge in [0.1, 0.15) is 5.60 Å². The van der Waals surface area contributed by atoms with Gasteiger partial charge in [-0.2, -0.15) is 0 Å². The van der Waals surface area contributed by atoms with E-state index in [-0.39, 0.29) is 23.1 Å². The molecule has 0 radical (unpaired) electrons. The largest absolute Gasteiger partial charge is 0.458 e. The Bertz CT molecular complexity index is 588. The Balaban J connectivity index is 1.45. The molecule has 4 saturated carbocycles. The van der Waals surface area contributed by atoms with Crippen molar-refractivity contribution >= 4 is 5.97 Å². The molecule has 1 spiro atoms. The first-order valence-corrected chi connectivity index (χ1v) is 10.8. The van der Waals surface area contributed by atoms with Crippen LogP contribution in [0.2, 0.25) is 0 Å². The summed E-state index contributed by atoms with van der Waals surface area (Å²) in [5.41, 5.74) is 0.503. The van der Waals surface area contributed by atoms with Crippen molar-refractivity contribution in [2.75, 3.05) is 0 Å². The zero-order valence-corrected chi connectivity index (χ0v) is 15.9. The van der Waals surface area contributed by atoms with E-state index in [1.807, 2.05) is 0 Å².